The van der Waals surface area contributed by atoms with Gasteiger partial charge in [-0.25, -0.2) is 0 Å². The number of nitrogens with one attached hydrogen (secondary N) is 1. The summed E-state index contributed by atoms with van der Waals surface area (Å²) >= 11 is 0. The van der Waals surface area contributed by atoms with Gasteiger partial charge in [0.05, 0.1) is 0 Å². The zero-order chi connectivity index (χ0) is 16.3. The summed E-state index contributed by atoms with van der Waals surface area (Å²) < 4.78 is 0. The van der Waals surface area contributed by atoms with Gasteiger partial charge >= 0.3 is 0 Å². The molecule has 0 radical (unpaired) electrons. The first kappa shape index (κ1) is 19.0. The van der Waals surface area contributed by atoms with Crippen molar-refractivity contribution in [1.82, 2.24) is 5.32 Å². The number of Topliss-reactive ketones (excluding diaryl/α,β-unsaturated/α-hetero) is 2. The minimum Gasteiger partial charge on any atom is -1.00 e. The Labute approximate surface area is 140 Å². The van der Waals surface area contributed by atoms with Crippen molar-refractivity contribution < 1.29 is 37.6 Å². The van der Waals surface area contributed by atoms with Crippen molar-refractivity contribution in [2.24, 2.45) is 0 Å². The summed E-state index contributed by atoms with van der Waals surface area (Å²) in [5, 5.41) is 11.5. The topological polar surface area (TPSA) is 111 Å². The van der Waals surface area contributed by atoms with Crippen molar-refractivity contribution in [3.8, 4) is 0 Å². The number of allylic oxidation sites excluding steroid dienone is 1. The molecule has 5 N–H and O–H groups in total. The SMILES string of the molecule is CC1=C(CCNC(=O)C([NH3+])CO)C(=O)c2ccccc2C1=O.[Cl-]. The Morgan fingerprint density at radius 2 is 1.78 bits per heavy atom. The minimum absolute atomic E-state index is 0. The third-order valence-corrected chi connectivity index (χ3v) is 3.75. The average Bonchev–Trinajstić information content (AvgIpc) is 2.54. The van der Waals surface area contributed by atoms with Gasteiger partial charge in [-0.3, -0.25) is 14.4 Å². The molecule has 0 saturated carbocycles. The normalized spacial score (nSPS) is 14.9. The highest BCUT2D eigenvalue weighted by Gasteiger charge is 2.29. The minimum atomic E-state index is -0.737. The van der Waals surface area contributed by atoms with Crippen LogP contribution >= 0.6 is 0 Å². The number of carbonyl (C=O) groups is 3. The summed E-state index contributed by atoms with van der Waals surface area (Å²) in [5.74, 6) is -0.701. The van der Waals surface area contributed by atoms with E-state index in [9.17, 15) is 14.4 Å². The van der Waals surface area contributed by atoms with Crippen molar-refractivity contribution in [2.75, 3.05) is 13.2 Å². The highest BCUT2D eigenvalue weighted by molar-refractivity contribution is 6.26. The molecule has 1 aromatic rings. The van der Waals surface area contributed by atoms with Crippen molar-refractivity contribution >= 4 is 17.5 Å². The van der Waals surface area contributed by atoms with Crippen molar-refractivity contribution in [3.63, 3.8) is 0 Å². The van der Waals surface area contributed by atoms with Gasteiger partial charge in [-0.15, -0.1) is 0 Å². The maximum absolute atomic E-state index is 12.5. The van der Waals surface area contributed by atoms with E-state index in [-0.39, 0.29) is 49.5 Å². The zero-order valence-corrected chi connectivity index (χ0v) is 13.5. The summed E-state index contributed by atoms with van der Waals surface area (Å²) in [6.07, 6.45) is 0.272. The number of rotatable bonds is 5. The predicted octanol–water partition coefficient (Wildman–Crippen LogP) is -3.50. The number of ketones is 2. The van der Waals surface area contributed by atoms with E-state index < -0.39 is 6.04 Å². The molecule has 1 aliphatic carbocycles. The lowest BCUT2D eigenvalue weighted by molar-refractivity contribution is -0.409. The standard InChI is InChI=1S/C16H18N2O4.ClH/c1-9-10(6-7-18-16(22)13(17)8-19)15(21)12-5-3-2-4-11(12)14(9)20;/h2-5,13,19H,6-8,17H2,1H3,(H,18,22);1H. The molecule has 0 spiro atoms. The molecule has 124 valence electrons. The lowest BCUT2D eigenvalue weighted by Crippen LogP contribution is -3.00. The Kier molecular flexibility index (Phi) is 6.62. The van der Waals surface area contributed by atoms with Crippen molar-refractivity contribution in [2.45, 2.75) is 19.4 Å². The molecule has 0 heterocycles. The molecular formula is C16H19ClN2O4. The average molecular weight is 339 g/mol. The number of quaternary nitrogens is 1. The number of halogens is 1. The fourth-order valence-corrected chi connectivity index (χ4v) is 2.39. The van der Waals surface area contributed by atoms with E-state index in [1.54, 1.807) is 31.2 Å². The lowest BCUT2D eigenvalue weighted by atomic mass is 9.83. The first-order chi connectivity index (χ1) is 10.5. The largest absolute Gasteiger partial charge is 1.00 e. The molecule has 1 aliphatic rings. The molecule has 0 fully saturated rings. The second-order valence-electron chi connectivity index (χ2n) is 5.23. The molecule has 0 aromatic heterocycles. The van der Waals surface area contributed by atoms with Gasteiger partial charge in [0.1, 0.15) is 6.61 Å². The Morgan fingerprint density at radius 1 is 1.22 bits per heavy atom. The van der Waals surface area contributed by atoms with Crippen LogP contribution in [0, 0.1) is 0 Å². The quantitative estimate of drug-likeness (QED) is 0.517. The van der Waals surface area contributed by atoms with E-state index in [1.807, 2.05) is 0 Å². The Morgan fingerprint density at radius 3 is 2.35 bits per heavy atom. The number of fused-ring (bicyclic) bond motifs is 1. The second kappa shape index (κ2) is 8.01. The van der Waals surface area contributed by atoms with Gasteiger partial charge in [-0.1, -0.05) is 24.3 Å². The first-order valence-electron chi connectivity index (χ1n) is 7.07. The van der Waals surface area contributed by atoms with E-state index >= 15 is 0 Å². The molecule has 1 atom stereocenters. The molecule has 23 heavy (non-hydrogen) atoms. The van der Waals surface area contributed by atoms with Crippen LogP contribution in [0.1, 0.15) is 34.1 Å². The number of aliphatic hydroxyl groups is 1. The first-order valence-corrected chi connectivity index (χ1v) is 7.07. The maximum atomic E-state index is 12.5. The molecule has 2 rings (SSSR count). The Balaban J connectivity index is 0.00000264. The number of amides is 1. The summed E-state index contributed by atoms with van der Waals surface area (Å²) in [5.41, 5.74) is 5.18. The molecule has 6 nitrogen and oxygen atoms in total. The van der Waals surface area contributed by atoms with Crippen LogP contribution in [0.15, 0.2) is 35.4 Å². The smallest absolute Gasteiger partial charge is 0.280 e. The van der Waals surface area contributed by atoms with Gasteiger partial charge in [0.2, 0.25) is 0 Å². The van der Waals surface area contributed by atoms with Crippen LogP contribution in [-0.4, -0.2) is 41.8 Å². The van der Waals surface area contributed by atoms with Crippen molar-refractivity contribution in [3.05, 3.63) is 46.5 Å². The van der Waals surface area contributed by atoms with Gasteiger partial charge in [-0.05, 0) is 13.3 Å². The number of hydrogen-bond donors (Lipinski definition) is 3. The third-order valence-electron chi connectivity index (χ3n) is 3.75. The molecule has 0 saturated heterocycles. The number of hydrogen-bond acceptors (Lipinski definition) is 4. The number of carbonyl (C=O) groups excluding carboxylic acids is 3. The molecule has 0 bridgehead atoms. The van der Waals surface area contributed by atoms with Crippen LogP contribution in [0.4, 0.5) is 0 Å². The van der Waals surface area contributed by atoms with Crippen LogP contribution in [0.5, 0.6) is 0 Å². The Bertz CT molecular complexity index is 670. The van der Waals surface area contributed by atoms with Crippen LogP contribution in [-0.2, 0) is 4.79 Å². The fraction of sp³-hybridized carbons (Fsp3) is 0.312. The van der Waals surface area contributed by atoms with Gasteiger partial charge < -0.3 is 28.6 Å². The molecule has 1 unspecified atom stereocenters. The van der Waals surface area contributed by atoms with Crippen LogP contribution in [0.2, 0.25) is 0 Å². The predicted molar refractivity (Wildman–Crippen MR) is 79.2 cm³/mol. The Hall–Kier alpha value is -2.02. The van der Waals surface area contributed by atoms with Gasteiger partial charge in [0.15, 0.2) is 17.6 Å². The van der Waals surface area contributed by atoms with Crippen LogP contribution < -0.4 is 23.5 Å². The highest BCUT2D eigenvalue weighted by Crippen LogP contribution is 2.27. The van der Waals surface area contributed by atoms with Gasteiger partial charge in [-0.2, -0.15) is 0 Å². The van der Waals surface area contributed by atoms with Crippen molar-refractivity contribution in [1.29, 1.82) is 0 Å². The van der Waals surface area contributed by atoms with E-state index in [0.717, 1.165) is 0 Å². The molecular weight excluding hydrogens is 320 g/mol. The fourth-order valence-electron chi connectivity index (χ4n) is 2.39. The molecule has 0 aliphatic heterocycles. The van der Waals surface area contributed by atoms with E-state index in [0.29, 0.717) is 22.3 Å². The third kappa shape index (κ3) is 3.85. The second-order valence-corrected chi connectivity index (χ2v) is 5.23. The summed E-state index contributed by atoms with van der Waals surface area (Å²) in [4.78, 5) is 36.3. The van der Waals surface area contributed by atoms with E-state index in [1.165, 1.54) is 0 Å². The molecule has 1 aromatic carbocycles. The van der Waals surface area contributed by atoms with Gasteiger partial charge in [0.25, 0.3) is 5.91 Å². The zero-order valence-electron chi connectivity index (χ0n) is 12.8. The van der Waals surface area contributed by atoms with E-state index in [4.69, 9.17) is 5.11 Å². The highest BCUT2D eigenvalue weighted by atomic mass is 35.5. The molecule has 1 amide bonds. The maximum Gasteiger partial charge on any atom is 0.280 e. The summed E-state index contributed by atoms with van der Waals surface area (Å²) in [6, 6.07) is 5.99. The number of aliphatic hydroxyl groups excluding tert-OH is 1. The number of benzene rings is 1. The van der Waals surface area contributed by atoms with E-state index in [2.05, 4.69) is 11.1 Å². The monoisotopic (exact) mass is 338 g/mol. The summed E-state index contributed by atoms with van der Waals surface area (Å²) in [7, 11) is 0. The molecule has 7 heteroatoms. The van der Waals surface area contributed by atoms with Crippen LogP contribution in [0.25, 0.3) is 0 Å². The summed E-state index contributed by atoms with van der Waals surface area (Å²) in [6.45, 7) is 1.52. The van der Waals surface area contributed by atoms with Gasteiger partial charge in [0, 0.05) is 28.8 Å². The van der Waals surface area contributed by atoms with Crippen LogP contribution in [0.3, 0.4) is 0 Å². The lowest BCUT2D eigenvalue weighted by Gasteiger charge is -2.19.